The summed E-state index contributed by atoms with van der Waals surface area (Å²) in [7, 11) is 0. The summed E-state index contributed by atoms with van der Waals surface area (Å²) in [5, 5.41) is 9.42. The molecule has 1 N–H and O–H groups in total. The van der Waals surface area contributed by atoms with Gasteiger partial charge in [-0.3, -0.25) is 4.90 Å². The Bertz CT molecular complexity index is 375. The number of amides is 1. The molecule has 122 valence electrons. The van der Waals surface area contributed by atoms with Crippen molar-refractivity contribution >= 4 is 12.1 Å². The van der Waals surface area contributed by atoms with Crippen LogP contribution in [0.25, 0.3) is 0 Å². The molecule has 1 heterocycles. The van der Waals surface area contributed by atoms with Gasteiger partial charge in [-0.2, -0.15) is 0 Å². The van der Waals surface area contributed by atoms with Gasteiger partial charge in [0.05, 0.1) is 0 Å². The lowest BCUT2D eigenvalue weighted by atomic mass is 9.83. The molecule has 0 bridgehead atoms. The van der Waals surface area contributed by atoms with Gasteiger partial charge in [-0.05, 0) is 51.9 Å². The number of carboxylic acid groups (broad SMARTS) is 1. The van der Waals surface area contributed by atoms with Gasteiger partial charge >= 0.3 is 12.1 Å². The van der Waals surface area contributed by atoms with Gasteiger partial charge in [0.2, 0.25) is 0 Å². The second-order valence-corrected chi connectivity index (χ2v) is 7.17. The Labute approximate surface area is 127 Å². The van der Waals surface area contributed by atoms with Crippen LogP contribution in [0.2, 0.25) is 0 Å². The summed E-state index contributed by atoms with van der Waals surface area (Å²) in [6, 6.07) is -0.761. The van der Waals surface area contributed by atoms with Crippen molar-refractivity contribution in [1.29, 1.82) is 0 Å². The Morgan fingerprint density at radius 1 is 1.38 bits per heavy atom. The summed E-state index contributed by atoms with van der Waals surface area (Å²) >= 11 is 0. The highest BCUT2D eigenvalue weighted by molar-refractivity contribution is 5.80. The number of hydrogen-bond donors (Lipinski definition) is 1. The Hall–Kier alpha value is -1.26. The monoisotopic (exact) mass is 299 g/mol. The fraction of sp³-hybridized carbons (Fsp3) is 0.875. The number of likely N-dealkylation sites (tertiary alicyclic amines) is 1. The minimum absolute atomic E-state index is 0.375. The largest absolute Gasteiger partial charge is 0.480 e. The molecule has 0 saturated carbocycles. The van der Waals surface area contributed by atoms with Crippen molar-refractivity contribution in [2.24, 2.45) is 11.8 Å². The predicted octanol–water partition coefficient (Wildman–Crippen LogP) is 3.52. The zero-order valence-electron chi connectivity index (χ0n) is 13.9. The van der Waals surface area contributed by atoms with Gasteiger partial charge in [0.15, 0.2) is 0 Å². The second-order valence-electron chi connectivity index (χ2n) is 7.17. The zero-order chi connectivity index (χ0) is 16.2. The minimum atomic E-state index is -0.935. The van der Waals surface area contributed by atoms with Crippen LogP contribution in [0, 0.1) is 11.8 Å². The molecular formula is C16H29NO4. The van der Waals surface area contributed by atoms with Crippen molar-refractivity contribution in [3.63, 3.8) is 0 Å². The van der Waals surface area contributed by atoms with E-state index in [4.69, 9.17) is 4.74 Å². The highest BCUT2D eigenvalue weighted by Crippen LogP contribution is 2.30. The number of carboxylic acids is 1. The Kier molecular flexibility index (Phi) is 6.05. The van der Waals surface area contributed by atoms with Crippen molar-refractivity contribution in [3.8, 4) is 0 Å². The van der Waals surface area contributed by atoms with E-state index in [9.17, 15) is 14.7 Å². The summed E-state index contributed by atoms with van der Waals surface area (Å²) in [4.78, 5) is 25.0. The molecule has 0 radical (unpaired) electrons. The van der Waals surface area contributed by atoms with Gasteiger partial charge in [-0.15, -0.1) is 0 Å². The lowest BCUT2D eigenvalue weighted by Crippen LogP contribution is -2.51. The van der Waals surface area contributed by atoms with E-state index < -0.39 is 23.7 Å². The minimum Gasteiger partial charge on any atom is -0.480 e. The van der Waals surface area contributed by atoms with Crippen LogP contribution in [0.4, 0.5) is 4.79 Å². The van der Waals surface area contributed by atoms with E-state index in [0.717, 1.165) is 19.3 Å². The first kappa shape index (κ1) is 17.8. The van der Waals surface area contributed by atoms with Crippen LogP contribution in [0.3, 0.4) is 0 Å². The number of carbonyl (C=O) groups excluding carboxylic acids is 1. The highest BCUT2D eigenvalue weighted by atomic mass is 16.6. The molecule has 1 aliphatic rings. The van der Waals surface area contributed by atoms with E-state index in [-0.39, 0.29) is 0 Å². The van der Waals surface area contributed by atoms with Crippen LogP contribution in [0.5, 0.6) is 0 Å². The second kappa shape index (κ2) is 7.14. The Morgan fingerprint density at radius 3 is 2.48 bits per heavy atom. The van der Waals surface area contributed by atoms with Crippen LogP contribution >= 0.6 is 0 Å². The number of rotatable bonds is 4. The molecule has 5 nitrogen and oxygen atoms in total. The third kappa shape index (κ3) is 5.56. The van der Waals surface area contributed by atoms with E-state index >= 15 is 0 Å². The Morgan fingerprint density at radius 2 is 2.00 bits per heavy atom. The van der Waals surface area contributed by atoms with Gasteiger partial charge < -0.3 is 9.84 Å². The molecule has 0 aromatic rings. The number of aliphatic carboxylic acids is 1. The number of piperidine rings is 1. The number of ether oxygens (including phenoxy) is 1. The standard InChI is InChI=1S/C16H29NO4/c1-6-11(2)9-12-7-8-17(13(10-12)14(18)19)15(20)21-16(3,4)5/h11-13H,6-10H2,1-5H3,(H,18,19). The van der Waals surface area contributed by atoms with E-state index in [1.807, 2.05) is 0 Å². The van der Waals surface area contributed by atoms with Gasteiger partial charge in [-0.1, -0.05) is 20.3 Å². The van der Waals surface area contributed by atoms with Crippen molar-refractivity contribution in [2.75, 3.05) is 6.54 Å². The molecule has 1 fully saturated rings. The van der Waals surface area contributed by atoms with E-state index in [1.54, 1.807) is 20.8 Å². The summed E-state index contributed by atoms with van der Waals surface area (Å²) in [6.45, 7) is 10.2. The first-order valence-corrected chi connectivity index (χ1v) is 7.86. The maximum atomic E-state index is 12.2. The van der Waals surface area contributed by atoms with Crippen molar-refractivity contribution in [1.82, 2.24) is 4.90 Å². The van der Waals surface area contributed by atoms with Gasteiger partial charge in [0, 0.05) is 6.54 Å². The molecule has 0 aromatic heterocycles. The average Bonchev–Trinajstić information content (AvgIpc) is 2.36. The molecule has 1 aliphatic heterocycles. The average molecular weight is 299 g/mol. The quantitative estimate of drug-likeness (QED) is 0.862. The lowest BCUT2D eigenvalue weighted by Gasteiger charge is -2.38. The lowest BCUT2D eigenvalue weighted by molar-refractivity contribution is -0.145. The predicted molar refractivity (Wildman–Crippen MR) is 81.2 cm³/mol. The fourth-order valence-electron chi connectivity index (χ4n) is 2.76. The SMILES string of the molecule is CCC(C)CC1CCN(C(=O)OC(C)(C)C)C(C(=O)O)C1. The topological polar surface area (TPSA) is 66.8 Å². The van der Waals surface area contributed by atoms with E-state index in [1.165, 1.54) is 4.90 Å². The van der Waals surface area contributed by atoms with Gasteiger partial charge in [0.1, 0.15) is 11.6 Å². The zero-order valence-corrected chi connectivity index (χ0v) is 13.9. The van der Waals surface area contributed by atoms with E-state index in [0.29, 0.717) is 24.8 Å². The van der Waals surface area contributed by atoms with E-state index in [2.05, 4.69) is 13.8 Å². The summed E-state index contributed by atoms with van der Waals surface area (Å²) in [5.74, 6) is 0.0342. The maximum Gasteiger partial charge on any atom is 0.411 e. The summed E-state index contributed by atoms with van der Waals surface area (Å²) < 4.78 is 5.32. The first-order valence-electron chi connectivity index (χ1n) is 7.86. The summed E-state index contributed by atoms with van der Waals surface area (Å²) in [6.07, 6.45) is 3.00. The molecule has 1 saturated heterocycles. The number of hydrogen-bond acceptors (Lipinski definition) is 3. The molecule has 3 atom stereocenters. The van der Waals surface area contributed by atoms with Gasteiger partial charge in [0.25, 0.3) is 0 Å². The molecule has 1 amide bonds. The molecule has 21 heavy (non-hydrogen) atoms. The smallest absolute Gasteiger partial charge is 0.411 e. The third-order valence-electron chi connectivity index (χ3n) is 4.06. The molecule has 0 aromatic carbocycles. The third-order valence-corrected chi connectivity index (χ3v) is 4.06. The van der Waals surface area contributed by atoms with Crippen LogP contribution in [-0.2, 0) is 9.53 Å². The van der Waals surface area contributed by atoms with Crippen molar-refractivity contribution < 1.29 is 19.4 Å². The van der Waals surface area contributed by atoms with Crippen molar-refractivity contribution in [3.05, 3.63) is 0 Å². The molecule has 0 aliphatic carbocycles. The van der Waals surface area contributed by atoms with Crippen LogP contribution in [-0.4, -0.2) is 40.3 Å². The molecule has 3 unspecified atom stereocenters. The van der Waals surface area contributed by atoms with Crippen LogP contribution in [0.1, 0.15) is 60.3 Å². The summed E-state index contributed by atoms with van der Waals surface area (Å²) in [5.41, 5.74) is -0.603. The van der Waals surface area contributed by atoms with Crippen molar-refractivity contribution in [2.45, 2.75) is 71.9 Å². The fourth-order valence-corrected chi connectivity index (χ4v) is 2.76. The molecule has 0 spiro atoms. The van der Waals surface area contributed by atoms with Gasteiger partial charge in [-0.25, -0.2) is 9.59 Å². The molecule has 5 heteroatoms. The Balaban J connectivity index is 2.71. The van der Waals surface area contributed by atoms with Crippen LogP contribution in [0.15, 0.2) is 0 Å². The molecule has 1 rings (SSSR count). The normalized spacial score (nSPS) is 24.5. The highest BCUT2D eigenvalue weighted by Gasteiger charge is 2.38. The molecular weight excluding hydrogens is 270 g/mol. The maximum absolute atomic E-state index is 12.2. The first-order chi connectivity index (χ1) is 9.64. The number of nitrogens with zero attached hydrogens (tertiary/aromatic N) is 1. The number of carbonyl (C=O) groups is 2. The van der Waals surface area contributed by atoms with Crippen LogP contribution < -0.4 is 0 Å².